The molecule has 0 bridgehead atoms. The predicted molar refractivity (Wildman–Crippen MR) is 128 cm³/mol. The van der Waals surface area contributed by atoms with Crippen molar-refractivity contribution in [3.05, 3.63) is 93.5 Å². The van der Waals surface area contributed by atoms with Crippen LogP contribution in [-0.4, -0.2) is 25.5 Å². The van der Waals surface area contributed by atoms with E-state index in [4.69, 9.17) is 27.9 Å². The lowest BCUT2D eigenvalue weighted by atomic mass is 10.0. The molecule has 1 aliphatic rings. The molecule has 7 heteroatoms. The van der Waals surface area contributed by atoms with Crippen LogP contribution in [0.2, 0.25) is 10.0 Å². The number of rotatable bonds is 4. The van der Waals surface area contributed by atoms with E-state index in [1.54, 1.807) is 48.4 Å². The Morgan fingerprint density at radius 3 is 2.50 bits per heavy atom. The molecule has 0 aliphatic carbocycles. The van der Waals surface area contributed by atoms with Crippen molar-refractivity contribution in [2.75, 3.05) is 23.9 Å². The SMILES string of the molecule is COC1CCCN(C(=O)c2ccc(NC(=O)c3ccc(Cl)cc3Cl)cc2)c2ccccc21. The fraction of sp³-hybridized carbons (Fsp3) is 0.200. The summed E-state index contributed by atoms with van der Waals surface area (Å²) in [6.07, 6.45) is 1.67. The van der Waals surface area contributed by atoms with Crippen molar-refractivity contribution in [2.45, 2.75) is 18.9 Å². The number of carbonyl (C=O) groups is 2. The zero-order valence-corrected chi connectivity index (χ0v) is 19.0. The largest absolute Gasteiger partial charge is 0.377 e. The quantitative estimate of drug-likeness (QED) is 0.483. The van der Waals surface area contributed by atoms with Crippen LogP contribution in [-0.2, 0) is 4.74 Å². The maximum absolute atomic E-state index is 13.3. The summed E-state index contributed by atoms with van der Waals surface area (Å²) < 4.78 is 5.64. The average molecular weight is 469 g/mol. The predicted octanol–water partition coefficient (Wildman–Crippen LogP) is 6.37. The van der Waals surface area contributed by atoms with E-state index in [1.807, 2.05) is 24.3 Å². The molecule has 0 spiro atoms. The molecule has 1 unspecified atom stereocenters. The molecule has 1 heterocycles. The van der Waals surface area contributed by atoms with Crippen LogP contribution in [0.15, 0.2) is 66.7 Å². The summed E-state index contributed by atoms with van der Waals surface area (Å²) in [5.41, 5.74) is 3.32. The Balaban J connectivity index is 1.52. The van der Waals surface area contributed by atoms with Gasteiger partial charge in [0.15, 0.2) is 0 Å². The Bertz CT molecular complexity index is 1150. The highest BCUT2D eigenvalue weighted by Crippen LogP contribution is 2.35. The summed E-state index contributed by atoms with van der Waals surface area (Å²) in [4.78, 5) is 27.6. The van der Waals surface area contributed by atoms with Crippen molar-refractivity contribution in [3.63, 3.8) is 0 Å². The number of methoxy groups -OCH3 is 1. The second-order valence-corrected chi connectivity index (χ2v) is 8.38. The third-order valence-electron chi connectivity index (χ3n) is 5.52. The molecule has 4 rings (SSSR count). The van der Waals surface area contributed by atoms with Crippen LogP contribution in [0.1, 0.15) is 45.2 Å². The van der Waals surface area contributed by atoms with Gasteiger partial charge in [-0.05, 0) is 61.4 Å². The summed E-state index contributed by atoms with van der Waals surface area (Å²) in [7, 11) is 1.70. The van der Waals surface area contributed by atoms with E-state index in [2.05, 4.69) is 5.32 Å². The first-order valence-electron chi connectivity index (χ1n) is 10.3. The van der Waals surface area contributed by atoms with Crippen molar-refractivity contribution in [3.8, 4) is 0 Å². The molecule has 1 aliphatic heterocycles. The van der Waals surface area contributed by atoms with E-state index >= 15 is 0 Å². The average Bonchev–Trinajstić information content (AvgIpc) is 2.98. The number of nitrogens with one attached hydrogen (secondary N) is 1. The molecule has 3 aromatic rings. The number of para-hydroxylation sites is 1. The van der Waals surface area contributed by atoms with Crippen LogP contribution in [0.3, 0.4) is 0 Å². The van der Waals surface area contributed by atoms with Crippen molar-refractivity contribution >= 4 is 46.4 Å². The fourth-order valence-electron chi connectivity index (χ4n) is 3.90. The Morgan fingerprint density at radius 1 is 1.03 bits per heavy atom. The molecular weight excluding hydrogens is 447 g/mol. The van der Waals surface area contributed by atoms with E-state index in [9.17, 15) is 9.59 Å². The number of anilines is 2. The summed E-state index contributed by atoms with van der Waals surface area (Å²) in [5, 5.41) is 3.53. The maximum Gasteiger partial charge on any atom is 0.258 e. The number of halogens is 2. The van der Waals surface area contributed by atoms with Gasteiger partial charge >= 0.3 is 0 Å². The van der Waals surface area contributed by atoms with Crippen LogP contribution in [0.5, 0.6) is 0 Å². The van der Waals surface area contributed by atoms with Crippen molar-refractivity contribution < 1.29 is 14.3 Å². The molecule has 0 saturated heterocycles. The molecule has 3 aromatic carbocycles. The van der Waals surface area contributed by atoms with Crippen LogP contribution < -0.4 is 10.2 Å². The zero-order chi connectivity index (χ0) is 22.7. The molecule has 0 aromatic heterocycles. The van der Waals surface area contributed by atoms with Crippen molar-refractivity contribution in [2.24, 2.45) is 0 Å². The van der Waals surface area contributed by atoms with Crippen molar-refractivity contribution in [1.82, 2.24) is 0 Å². The Kier molecular flexibility index (Phi) is 6.80. The standard InChI is InChI=1S/C25H22Cl2N2O3/c1-32-23-7-4-14-29(22-6-3-2-5-20(22)23)25(31)16-8-11-18(12-9-16)28-24(30)19-13-10-17(26)15-21(19)27/h2-3,5-6,8-13,15,23H,4,7,14H2,1H3,(H,28,30). The Labute approximate surface area is 196 Å². The summed E-state index contributed by atoms with van der Waals surface area (Å²) in [6.45, 7) is 0.614. The Hall–Kier alpha value is -2.86. The van der Waals surface area contributed by atoms with E-state index in [-0.39, 0.29) is 22.9 Å². The molecule has 0 radical (unpaired) electrons. The number of hydrogen-bond donors (Lipinski definition) is 1. The molecule has 164 valence electrons. The number of ether oxygens (including phenoxy) is 1. The van der Waals surface area contributed by atoms with Crippen LogP contribution in [0.4, 0.5) is 11.4 Å². The van der Waals surface area contributed by atoms with E-state index in [0.29, 0.717) is 28.4 Å². The van der Waals surface area contributed by atoms with Gasteiger partial charge in [-0.2, -0.15) is 0 Å². The maximum atomic E-state index is 13.3. The number of fused-ring (bicyclic) bond motifs is 1. The number of hydrogen-bond acceptors (Lipinski definition) is 3. The van der Waals surface area contributed by atoms with Gasteiger partial charge in [-0.15, -0.1) is 0 Å². The minimum atomic E-state index is -0.349. The van der Waals surface area contributed by atoms with Gasteiger partial charge in [0.2, 0.25) is 0 Å². The molecule has 1 atom stereocenters. The molecular formula is C25H22Cl2N2O3. The van der Waals surface area contributed by atoms with Crippen LogP contribution in [0, 0.1) is 0 Å². The molecule has 5 nitrogen and oxygen atoms in total. The number of amides is 2. The highest BCUT2D eigenvalue weighted by Gasteiger charge is 2.26. The monoisotopic (exact) mass is 468 g/mol. The normalized spacial score (nSPS) is 15.6. The highest BCUT2D eigenvalue weighted by molar-refractivity contribution is 6.37. The first-order chi connectivity index (χ1) is 15.5. The van der Waals surface area contributed by atoms with Gasteiger partial charge in [-0.25, -0.2) is 0 Å². The summed E-state index contributed by atoms with van der Waals surface area (Å²) in [6, 6.07) is 19.4. The molecule has 32 heavy (non-hydrogen) atoms. The lowest BCUT2D eigenvalue weighted by Gasteiger charge is -2.24. The fourth-order valence-corrected chi connectivity index (χ4v) is 4.39. The van der Waals surface area contributed by atoms with Gasteiger partial charge < -0.3 is 15.0 Å². The minimum absolute atomic E-state index is 0.0266. The Morgan fingerprint density at radius 2 is 1.78 bits per heavy atom. The molecule has 1 N–H and O–H groups in total. The second-order valence-electron chi connectivity index (χ2n) is 7.54. The lowest BCUT2D eigenvalue weighted by Crippen LogP contribution is -2.31. The van der Waals surface area contributed by atoms with Crippen LogP contribution in [0.25, 0.3) is 0 Å². The van der Waals surface area contributed by atoms with Gasteiger partial charge in [-0.3, -0.25) is 9.59 Å². The molecule has 0 fully saturated rings. The third kappa shape index (κ3) is 4.65. The van der Waals surface area contributed by atoms with Crippen LogP contribution >= 0.6 is 23.2 Å². The number of carbonyl (C=O) groups excluding carboxylic acids is 2. The lowest BCUT2D eigenvalue weighted by molar-refractivity contribution is 0.0960. The van der Waals surface area contributed by atoms with Gasteiger partial charge in [0.25, 0.3) is 11.8 Å². The van der Waals surface area contributed by atoms with Crippen molar-refractivity contribution in [1.29, 1.82) is 0 Å². The third-order valence-corrected chi connectivity index (χ3v) is 6.07. The van der Waals surface area contributed by atoms with E-state index < -0.39 is 0 Å². The molecule has 0 saturated carbocycles. The number of nitrogens with zero attached hydrogens (tertiary/aromatic N) is 1. The molecule has 2 amide bonds. The second kappa shape index (κ2) is 9.74. The highest BCUT2D eigenvalue weighted by atomic mass is 35.5. The summed E-state index contributed by atoms with van der Waals surface area (Å²) in [5.74, 6) is -0.439. The minimum Gasteiger partial charge on any atom is -0.377 e. The van der Waals surface area contributed by atoms with E-state index in [0.717, 1.165) is 24.1 Å². The first kappa shape index (κ1) is 22.3. The topological polar surface area (TPSA) is 58.6 Å². The summed E-state index contributed by atoms with van der Waals surface area (Å²) >= 11 is 12.0. The van der Waals surface area contributed by atoms with Gasteiger partial charge in [0.1, 0.15) is 0 Å². The first-order valence-corrected chi connectivity index (χ1v) is 11.0. The van der Waals surface area contributed by atoms with Gasteiger partial charge in [-0.1, -0.05) is 41.4 Å². The smallest absolute Gasteiger partial charge is 0.258 e. The van der Waals surface area contributed by atoms with E-state index in [1.165, 1.54) is 6.07 Å². The number of benzene rings is 3. The van der Waals surface area contributed by atoms with Gasteiger partial charge in [0, 0.05) is 41.2 Å². The zero-order valence-electron chi connectivity index (χ0n) is 17.5. The van der Waals surface area contributed by atoms with Gasteiger partial charge in [0.05, 0.1) is 16.7 Å².